The molecular formula is C18H21NO2. The van der Waals surface area contributed by atoms with Crippen LogP contribution < -0.4 is 15.2 Å². The zero-order valence-corrected chi connectivity index (χ0v) is 12.3. The van der Waals surface area contributed by atoms with Gasteiger partial charge in [0.15, 0.2) is 0 Å². The predicted molar refractivity (Wildman–Crippen MR) is 83.8 cm³/mol. The summed E-state index contributed by atoms with van der Waals surface area (Å²) in [7, 11) is 1.69. The van der Waals surface area contributed by atoms with Gasteiger partial charge in [0.1, 0.15) is 11.5 Å². The average Bonchev–Trinajstić information content (AvgIpc) is 2.55. The lowest BCUT2D eigenvalue weighted by Crippen LogP contribution is -2.20. The summed E-state index contributed by atoms with van der Waals surface area (Å²) in [6.45, 7) is 0.764. The number of hydrogen-bond donors (Lipinski definition) is 1. The highest BCUT2D eigenvalue weighted by Gasteiger charge is 2.24. The van der Waals surface area contributed by atoms with E-state index in [0.29, 0.717) is 5.92 Å². The van der Waals surface area contributed by atoms with Gasteiger partial charge in [0.2, 0.25) is 0 Å². The molecule has 2 aromatic rings. The average molecular weight is 283 g/mol. The molecule has 2 atom stereocenters. The summed E-state index contributed by atoms with van der Waals surface area (Å²) >= 11 is 0. The van der Waals surface area contributed by atoms with Crippen molar-refractivity contribution in [1.29, 1.82) is 0 Å². The summed E-state index contributed by atoms with van der Waals surface area (Å²) in [5, 5.41) is 0. The topological polar surface area (TPSA) is 44.5 Å². The fraction of sp³-hybridized carbons (Fsp3) is 0.333. The van der Waals surface area contributed by atoms with E-state index in [9.17, 15) is 0 Å². The second-order valence-corrected chi connectivity index (χ2v) is 5.46. The number of ether oxygens (including phenoxy) is 2. The first-order chi connectivity index (χ1) is 10.3. The Morgan fingerprint density at radius 1 is 1.19 bits per heavy atom. The van der Waals surface area contributed by atoms with E-state index in [-0.39, 0.29) is 6.04 Å². The van der Waals surface area contributed by atoms with Gasteiger partial charge in [-0.1, -0.05) is 36.4 Å². The van der Waals surface area contributed by atoms with Crippen LogP contribution in [0, 0.1) is 0 Å². The summed E-state index contributed by atoms with van der Waals surface area (Å²) in [5.41, 5.74) is 8.78. The van der Waals surface area contributed by atoms with Gasteiger partial charge in [-0.15, -0.1) is 0 Å². The molecule has 0 aliphatic carbocycles. The van der Waals surface area contributed by atoms with Crippen molar-refractivity contribution in [3.05, 3.63) is 59.7 Å². The molecule has 2 unspecified atom stereocenters. The maximum Gasteiger partial charge on any atom is 0.123 e. The fourth-order valence-electron chi connectivity index (χ4n) is 3.07. The van der Waals surface area contributed by atoms with Crippen molar-refractivity contribution in [2.75, 3.05) is 13.7 Å². The number of benzene rings is 2. The predicted octanol–water partition coefficient (Wildman–Crippen LogP) is 3.65. The zero-order chi connectivity index (χ0) is 14.7. The maximum absolute atomic E-state index is 6.44. The smallest absolute Gasteiger partial charge is 0.123 e. The highest BCUT2D eigenvalue weighted by atomic mass is 16.5. The Labute approximate surface area is 125 Å². The third-order valence-corrected chi connectivity index (χ3v) is 4.16. The molecule has 0 saturated heterocycles. The third kappa shape index (κ3) is 2.88. The number of fused-ring (bicyclic) bond motifs is 1. The molecule has 1 heterocycles. The molecule has 0 fully saturated rings. The van der Waals surface area contributed by atoms with Crippen LogP contribution in [0.5, 0.6) is 11.5 Å². The molecule has 1 aliphatic heterocycles. The first-order valence-corrected chi connectivity index (χ1v) is 7.40. The van der Waals surface area contributed by atoms with Crippen molar-refractivity contribution in [3.8, 4) is 11.5 Å². The van der Waals surface area contributed by atoms with Gasteiger partial charge in [-0.3, -0.25) is 0 Å². The van der Waals surface area contributed by atoms with Gasteiger partial charge in [-0.25, -0.2) is 0 Å². The maximum atomic E-state index is 6.44. The first kappa shape index (κ1) is 14.0. The van der Waals surface area contributed by atoms with E-state index < -0.39 is 0 Å². The van der Waals surface area contributed by atoms with E-state index in [1.165, 1.54) is 5.56 Å². The van der Waals surface area contributed by atoms with E-state index in [2.05, 4.69) is 18.2 Å². The molecule has 1 aliphatic rings. The van der Waals surface area contributed by atoms with Crippen molar-refractivity contribution >= 4 is 0 Å². The number of nitrogens with two attached hydrogens (primary N) is 1. The highest BCUT2D eigenvalue weighted by Crippen LogP contribution is 2.39. The largest absolute Gasteiger partial charge is 0.496 e. The van der Waals surface area contributed by atoms with E-state index in [0.717, 1.165) is 36.5 Å². The quantitative estimate of drug-likeness (QED) is 0.931. The summed E-state index contributed by atoms with van der Waals surface area (Å²) < 4.78 is 11.1. The lowest BCUT2D eigenvalue weighted by Gasteiger charge is -2.28. The Kier molecular flexibility index (Phi) is 4.11. The number of methoxy groups -OCH3 is 1. The van der Waals surface area contributed by atoms with Gasteiger partial charge in [0.05, 0.1) is 13.7 Å². The molecule has 0 saturated carbocycles. The van der Waals surface area contributed by atoms with Crippen LogP contribution in [0.4, 0.5) is 0 Å². The standard InChI is InChI=1S/C18H21NO2/c1-20-17-8-4-3-7-15(17)16(19)12-13-10-11-21-18-9-5-2-6-14(13)18/h2-9,13,16H,10-12,19H2,1H3. The van der Waals surface area contributed by atoms with E-state index in [4.69, 9.17) is 15.2 Å². The molecule has 0 radical (unpaired) electrons. The van der Waals surface area contributed by atoms with Gasteiger partial charge in [0.25, 0.3) is 0 Å². The Morgan fingerprint density at radius 3 is 2.81 bits per heavy atom. The van der Waals surface area contributed by atoms with Crippen LogP contribution in [-0.4, -0.2) is 13.7 Å². The number of rotatable bonds is 4. The van der Waals surface area contributed by atoms with E-state index >= 15 is 0 Å². The first-order valence-electron chi connectivity index (χ1n) is 7.40. The van der Waals surface area contributed by atoms with Crippen molar-refractivity contribution in [3.63, 3.8) is 0 Å². The minimum absolute atomic E-state index is 0.0303. The van der Waals surface area contributed by atoms with Crippen molar-refractivity contribution in [1.82, 2.24) is 0 Å². The molecule has 3 nitrogen and oxygen atoms in total. The third-order valence-electron chi connectivity index (χ3n) is 4.16. The monoisotopic (exact) mass is 283 g/mol. The molecule has 0 aromatic heterocycles. The van der Waals surface area contributed by atoms with E-state index in [1.807, 2.05) is 30.3 Å². The summed E-state index contributed by atoms with van der Waals surface area (Å²) in [6.07, 6.45) is 1.92. The SMILES string of the molecule is COc1ccccc1C(N)CC1CCOc2ccccc21. The Balaban J connectivity index is 1.81. The van der Waals surface area contributed by atoms with Crippen molar-refractivity contribution in [2.24, 2.45) is 5.73 Å². The molecule has 2 aromatic carbocycles. The van der Waals surface area contributed by atoms with E-state index in [1.54, 1.807) is 7.11 Å². The zero-order valence-electron chi connectivity index (χ0n) is 12.3. The second-order valence-electron chi connectivity index (χ2n) is 5.46. The van der Waals surface area contributed by atoms with Crippen LogP contribution >= 0.6 is 0 Å². The number of para-hydroxylation sites is 2. The molecule has 21 heavy (non-hydrogen) atoms. The van der Waals surface area contributed by atoms with Crippen LogP contribution in [0.1, 0.15) is 35.9 Å². The Hall–Kier alpha value is -2.00. The molecule has 2 N–H and O–H groups in total. The minimum atomic E-state index is -0.0303. The number of hydrogen-bond acceptors (Lipinski definition) is 3. The summed E-state index contributed by atoms with van der Waals surface area (Å²) in [5.74, 6) is 2.31. The molecule has 3 rings (SSSR count). The van der Waals surface area contributed by atoms with Crippen LogP contribution in [-0.2, 0) is 0 Å². The lowest BCUT2D eigenvalue weighted by molar-refractivity contribution is 0.258. The Bertz CT molecular complexity index is 612. The van der Waals surface area contributed by atoms with Crippen molar-refractivity contribution < 1.29 is 9.47 Å². The van der Waals surface area contributed by atoms with Crippen LogP contribution in [0.3, 0.4) is 0 Å². The summed E-state index contributed by atoms with van der Waals surface area (Å²) in [4.78, 5) is 0. The fourth-order valence-corrected chi connectivity index (χ4v) is 3.07. The van der Waals surface area contributed by atoms with Gasteiger partial charge in [-0.2, -0.15) is 0 Å². The van der Waals surface area contributed by atoms with Gasteiger partial charge >= 0.3 is 0 Å². The molecule has 3 heteroatoms. The second kappa shape index (κ2) is 6.19. The Morgan fingerprint density at radius 2 is 1.95 bits per heavy atom. The van der Waals surface area contributed by atoms with Gasteiger partial charge in [0, 0.05) is 11.6 Å². The normalized spacial score (nSPS) is 18.5. The van der Waals surface area contributed by atoms with Crippen LogP contribution in [0.2, 0.25) is 0 Å². The minimum Gasteiger partial charge on any atom is -0.496 e. The lowest BCUT2D eigenvalue weighted by atomic mass is 9.85. The van der Waals surface area contributed by atoms with Gasteiger partial charge < -0.3 is 15.2 Å². The molecular weight excluding hydrogens is 262 g/mol. The molecule has 0 bridgehead atoms. The molecule has 110 valence electrons. The van der Waals surface area contributed by atoms with Crippen LogP contribution in [0.15, 0.2) is 48.5 Å². The van der Waals surface area contributed by atoms with Gasteiger partial charge in [-0.05, 0) is 36.5 Å². The van der Waals surface area contributed by atoms with Crippen LogP contribution in [0.25, 0.3) is 0 Å². The summed E-state index contributed by atoms with van der Waals surface area (Å²) in [6, 6.07) is 16.2. The van der Waals surface area contributed by atoms with Crippen molar-refractivity contribution in [2.45, 2.75) is 24.8 Å². The molecule has 0 spiro atoms. The highest BCUT2D eigenvalue weighted by molar-refractivity contribution is 5.39. The molecule has 0 amide bonds.